The molecule has 5 aliphatic carbocycles. The Bertz CT molecular complexity index is 1260. The van der Waals surface area contributed by atoms with Gasteiger partial charge in [-0.05, 0) is 111 Å². The van der Waals surface area contributed by atoms with Crippen molar-refractivity contribution in [3.8, 4) is 0 Å². The van der Waals surface area contributed by atoms with Gasteiger partial charge in [-0.25, -0.2) is 0 Å². The number of hydrogen-bond donors (Lipinski definition) is 5. The van der Waals surface area contributed by atoms with E-state index >= 15 is 0 Å². The van der Waals surface area contributed by atoms with E-state index in [1.54, 1.807) is 6.92 Å². The summed E-state index contributed by atoms with van der Waals surface area (Å²) in [5.74, 6) is -1.52. The lowest BCUT2D eigenvalue weighted by molar-refractivity contribution is -0.324. The fourth-order valence-corrected chi connectivity index (χ4v) is 12.3. The van der Waals surface area contributed by atoms with Gasteiger partial charge in [0.2, 0.25) is 0 Å². The SMILES string of the molecule is C[C@H]1O[C@@H](O[C@H]2CC[C@@]3(C)[C@H](CC[C@]4(C)[C@H]3CC=C3[C@H]5CC(C)(C)CC[C@]5(C(=O)O)CC[C@]34C(=O)O)C2(C)C)[C@H](O)[C@@H](O)[C@@H]1O. The van der Waals surface area contributed by atoms with Gasteiger partial charge in [-0.1, -0.05) is 53.2 Å². The highest BCUT2D eigenvalue weighted by Gasteiger charge is 2.73. The first-order valence-electron chi connectivity index (χ1n) is 17.3. The van der Waals surface area contributed by atoms with Crippen LogP contribution in [0.25, 0.3) is 0 Å². The summed E-state index contributed by atoms with van der Waals surface area (Å²) in [6.45, 7) is 15.0. The van der Waals surface area contributed by atoms with Crippen LogP contribution < -0.4 is 0 Å². The number of aliphatic hydroxyl groups excluding tert-OH is 3. The fourth-order valence-electron chi connectivity index (χ4n) is 12.3. The summed E-state index contributed by atoms with van der Waals surface area (Å²) in [4.78, 5) is 26.7. The number of carboxylic acids is 2. The maximum atomic E-state index is 13.8. The normalized spacial score (nSPS) is 51.9. The topological polar surface area (TPSA) is 154 Å². The van der Waals surface area contributed by atoms with Crippen molar-refractivity contribution in [1.29, 1.82) is 0 Å². The van der Waals surface area contributed by atoms with E-state index < -0.39 is 58.9 Å². The average molecular weight is 633 g/mol. The molecule has 0 aromatic heterocycles. The van der Waals surface area contributed by atoms with Gasteiger partial charge in [0.25, 0.3) is 0 Å². The quantitative estimate of drug-likeness (QED) is 0.209. The number of aliphatic carboxylic acids is 2. The Hall–Kier alpha value is -1.52. The predicted molar refractivity (Wildman–Crippen MR) is 166 cm³/mol. The van der Waals surface area contributed by atoms with Crippen LogP contribution in [0.15, 0.2) is 11.6 Å². The zero-order valence-corrected chi connectivity index (χ0v) is 28.2. The number of hydrogen-bond acceptors (Lipinski definition) is 7. The summed E-state index contributed by atoms with van der Waals surface area (Å²) in [5.41, 5.74) is -2.17. The van der Waals surface area contributed by atoms with Crippen molar-refractivity contribution in [3.05, 3.63) is 11.6 Å². The molecule has 9 heteroatoms. The summed E-state index contributed by atoms with van der Waals surface area (Å²) in [6, 6.07) is 0. The number of carbonyl (C=O) groups is 2. The molecular weight excluding hydrogens is 576 g/mol. The third-order valence-electron chi connectivity index (χ3n) is 14.9. The molecule has 0 amide bonds. The molecule has 0 bridgehead atoms. The Kier molecular flexibility index (Phi) is 7.78. The Balaban J connectivity index is 1.35. The molecule has 6 rings (SSSR count). The van der Waals surface area contributed by atoms with Crippen LogP contribution in [0.3, 0.4) is 0 Å². The van der Waals surface area contributed by atoms with Crippen LogP contribution in [0.5, 0.6) is 0 Å². The van der Waals surface area contributed by atoms with Crippen molar-refractivity contribution in [2.75, 3.05) is 0 Å². The average Bonchev–Trinajstić information content (AvgIpc) is 2.95. The van der Waals surface area contributed by atoms with E-state index in [-0.39, 0.29) is 40.1 Å². The number of aliphatic hydroxyl groups is 3. The molecule has 5 fully saturated rings. The first-order chi connectivity index (χ1) is 20.8. The van der Waals surface area contributed by atoms with Crippen molar-refractivity contribution >= 4 is 11.9 Å². The largest absolute Gasteiger partial charge is 0.481 e. The van der Waals surface area contributed by atoms with E-state index in [2.05, 4.69) is 47.6 Å². The summed E-state index contributed by atoms with van der Waals surface area (Å²) in [7, 11) is 0. The van der Waals surface area contributed by atoms with Crippen LogP contribution in [0.1, 0.15) is 113 Å². The van der Waals surface area contributed by atoms with E-state index in [4.69, 9.17) is 9.47 Å². The third kappa shape index (κ3) is 4.42. The number of fused-ring (bicyclic) bond motifs is 7. The highest BCUT2D eigenvalue weighted by Crippen LogP contribution is 2.76. The molecule has 13 atom stereocenters. The molecule has 0 aromatic rings. The third-order valence-corrected chi connectivity index (χ3v) is 14.9. The van der Waals surface area contributed by atoms with Crippen LogP contribution in [-0.2, 0) is 19.1 Å². The van der Waals surface area contributed by atoms with Crippen LogP contribution in [-0.4, -0.2) is 74.3 Å². The van der Waals surface area contributed by atoms with Crippen LogP contribution >= 0.6 is 0 Å². The molecular formula is C36H56O9. The van der Waals surface area contributed by atoms with E-state index in [1.807, 2.05) is 0 Å². The Labute approximate surface area is 267 Å². The summed E-state index contributed by atoms with van der Waals surface area (Å²) in [6.07, 6.45) is 3.02. The summed E-state index contributed by atoms with van der Waals surface area (Å²) in [5, 5.41) is 53.2. The van der Waals surface area contributed by atoms with Gasteiger partial charge in [0.15, 0.2) is 6.29 Å². The van der Waals surface area contributed by atoms with Gasteiger partial charge in [0.05, 0.1) is 23.0 Å². The lowest BCUT2D eigenvalue weighted by Gasteiger charge is -2.70. The number of rotatable bonds is 4. The maximum Gasteiger partial charge on any atom is 0.314 e. The minimum Gasteiger partial charge on any atom is -0.481 e. The predicted octanol–water partition coefficient (Wildman–Crippen LogP) is 5.15. The van der Waals surface area contributed by atoms with Gasteiger partial charge in [-0.15, -0.1) is 0 Å². The van der Waals surface area contributed by atoms with Crippen LogP contribution in [0.2, 0.25) is 0 Å². The van der Waals surface area contributed by atoms with Crippen molar-refractivity contribution in [1.82, 2.24) is 0 Å². The van der Waals surface area contributed by atoms with Gasteiger partial charge >= 0.3 is 11.9 Å². The number of ether oxygens (including phenoxy) is 2. The molecule has 0 radical (unpaired) electrons. The molecule has 6 aliphatic rings. The zero-order chi connectivity index (χ0) is 33.1. The van der Waals surface area contributed by atoms with Gasteiger partial charge in [-0.2, -0.15) is 0 Å². The Morgan fingerprint density at radius 1 is 0.822 bits per heavy atom. The molecule has 5 N–H and O–H groups in total. The lowest BCUT2D eigenvalue weighted by atomic mass is 9.33. The first-order valence-corrected chi connectivity index (χ1v) is 17.3. The minimum absolute atomic E-state index is 0.0443. The van der Waals surface area contributed by atoms with Crippen molar-refractivity contribution < 1.29 is 44.6 Å². The van der Waals surface area contributed by atoms with Gasteiger partial charge in [-0.3, -0.25) is 9.59 Å². The van der Waals surface area contributed by atoms with E-state index in [0.29, 0.717) is 32.1 Å². The van der Waals surface area contributed by atoms with E-state index in [9.17, 15) is 35.1 Å². The van der Waals surface area contributed by atoms with Crippen LogP contribution in [0, 0.1) is 50.2 Å². The molecule has 1 aliphatic heterocycles. The van der Waals surface area contributed by atoms with Gasteiger partial charge in [0.1, 0.15) is 18.3 Å². The minimum atomic E-state index is -1.36. The molecule has 0 aromatic carbocycles. The molecule has 0 spiro atoms. The molecule has 1 heterocycles. The van der Waals surface area contributed by atoms with Crippen molar-refractivity contribution in [2.24, 2.45) is 50.2 Å². The van der Waals surface area contributed by atoms with Crippen LogP contribution in [0.4, 0.5) is 0 Å². The zero-order valence-electron chi connectivity index (χ0n) is 28.2. The fraction of sp³-hybridized carbons (Fsp3) is 0.889. The molecule has 1 saturated heterocycles. The molecule has 4 saturated carbocycles. The number of allylic oxidation sites excluding steroid dienone is 1. The molecule has 45 heavy (non-hydrogen) atoms. The van der Waals surface area contributed by atoms with Gasteiger partial charge < -0.3 is 35.0 Å². The standard InChI is InChI=1S/C36H56O9/c1-19-25(37)26(38)27(39)28(44-19)45-24-11-12-33(6)22(32(24,4)5)10-13-34(7)23(33)9-8-20-21-18-31(2,3)14-15-35(21,29(40)41)16-17-36(20,34)30(42)43/h8,19,21-28,37-39H,9-18H2,1-7H3,(H,40,41)(H,42,43)/t19-,21-,22-,23+,24+,25-,26+,27-,28+,33+,34-,35+,36-/m1/s1. The van der Waals surface area contributed by atoms with Crippen molar-refractivity contribution in [2.45, 2.75) is 149 Å². The second-order valence-electron chi connectivity index (χ2n) is 17.7. The Morgan fingerprint density at radius 3 is 2.13 bits per heavy atom. The number of carboxylic acid groups (broad SMARTS) is 2. The molecule has 0 unspecified atom stereocenters. The summed E-state index contributed by atoms with van der Waals surface area (Å²) < 4.78 is 12.3. The second-order valence-corrected chi connectivity index (χ2v) is 17.7. The lowest BCUT2D eigenvalue weighted by Crippen LogP contribution is -2.68. The smallest absolute Gasteiger partial charge is 0.314 e. The highest BCUT2D eigenvalue weighted by molar-refractivity contribution is 5.84. The monoisotopic (exact) mass is 632 g/mol. The van der Waals surface area contributed by atoms with E-state index in [0.717, 1.165) is 37.7 Å². The summed E-state index contributed by atoms with van der Waals surface area (Å²) >= 11 is 0. The second kappa shape index (κ2) is 10.5. The van der Waals surface area contributed by atoms with Crippen molar-refractivity contribution in [3.63, 3.8) is 0 Å². The highest BCUT2D eigenvalue weighted by atomic mass is 16.7. The molecule has 9 nitrogen and oxygen atoms in total. The maximum absolute atomic E-state index is 13.8. The Morgan fingerprint density at radius 2 is 1.49 bits per heavy atom. The first kappa shape index (κ1) is 33.4. The molecule has 254 valence electrons. The van der Waals surface area contributed by atoms with Gasteiger partial charge in [0, 0.05) is 0 Å². The van der Waals surface area contributed by atoms with E-state index in [1.165, 1.54) is 0 Å².